The van der Waals surface area contributed by atoms with Gasteiger partial charge in [-0.3, -0.25) is 0 Å². The number of nitrogens with zero attached hydrogens (tertiary/aromatic N) is 2. The molecule has 0 aromatic heterocycles. The smallest absolute Gasteiger partial charge is 0.101 e. The summed E-state index contributed by atoms with van der Waals surface area (Å²) in [7, 11) is 2.08. The van der Waals surface area contributed by atoms with Crippen molar-refractivity contribution in [3.63, 3.8) is 0 Å². The van der Waals surface area contributed by atoms with E-state index in [0.717, 1.165) is 36.2 Å². The molecule has 0 aliphatic rings. The second-order valence-electron chi connectivity index (χ2n) is 5.58. The molecule has 1 aromatic rings. The van der Waals surface area contributed by atoms with Gasteiger partial charge < -0.3 is 10.2 Å². The maximum absolute atomic E-state index is 9.40. The predicted octanol–water partition coefficient (Wildman–Crippen LogP) is 3.68. The predicted molar refractivity (Wildman–Crippen MR) is 85.9 cm³/mol. The van der Waals surface area contributed by atoms with Crippen LogP contribution in [0.2, 0.25) is 0 Å². The summed E-state index contributed by atoms with van der Waals surface area (Å²) < 4.78 is 0. The molecule has 110 valence electrons. The molecule has 1 rings (SSSR count). The molecule has 0 fully saturated rings. The Bertz CT molecular complexity index is 456. The van der Waals surface area contributed by atoms with Crippen molar-refractivity contribution in [3.8, 4) is 6.07 Å². The maximum atomic E-state index is 9.40. The first-order chi connectivity index (χ1) is 9.53. The average Bonchev–Trinajstić information content (AvgIpc) is 2.45. The lowest BCUT2D eigenvalue weighted by Gasteiger charge is -2.29. The van der Waals surface area contributed by atoms with E-state index in [1.54, 1.807) is 0 Å². The fraction of sp³-hybridized carbons (Fsp3) is 0.588. The number of hydrogen-bond donors (Lipinski definition) is 1. The highest BCUT2D eigenvalue weighted by Gasteiger charge is 2.15. The van der Waals surface area contributed by atoms with Gasteiger partial charge in [0.15, 0.2) is 0 Å². The van der Waals surface area contributed by atoms with Crippen molar-refractivity contribution in [3.05, 3.63) is 29.3 Å². The molecule has 0 amide bonds. The Balaban J connectivity index is 2.96. The highest BCUT2D eigenvalue weighted by atomic mass is 15.1. The molecule has 0 radical (unpaired) electrons. The lowest BCUT2D eigenvalue weighted by atomic mass is 10.0. The molecule has 1 aromatic carbocycles. The fourth-order valence-corrected chi connectivity index (χ4v) is 2.45. The van der Waals surface area contributed by atoms with E-state index in [4.69, 9.17) is 0 Å². The van der Waals surface area contributed by atoms with Crippen molar-refractivity contribution in [2.24, 2.45) is 0 Å². The molecule has 20 heavy (non-hydrogen) atoms. The molecule has 0 spiro atoms. The van der Waals surface area contributed by atoms with E-state index < -0.39 is 0 Å². The Morgan fingerprint density at radius 1 is 1.25 bits per heavy atom. The van der Waals surface area contributed by atoms with Gasteiger partial charge in [-0.25, -0.2) is 0 Å². The molecule has 0 saturated carbocycles. The lowest BCUT2D eigenvalue weighted by molar-refractivity contribution is 0.586. The Hall–Kier alpha value is -1.53. The van der Waals surface area contributed by atoms with Gasteiger partial charge in [-0.05, 0) is 30.5 Å². The van der Waals surface area contributed by atoms with Gasteiger partial charge in [-0.15, -0.1) is 0 Å². The van der Waals surface area contributed by atoms with Crippen LogP contribution in [0.5, 0.6) is 0 Å². The van der Waals surface area contributed by atoms with E-state index in [1.165, 1.54) is 0 Å². The van der Waals surface area contributed by atoms with E-state index >= 15 is 0 Å². The number of benzene rings is 1. The fourth-order valence-electron chi connectivity index (χ4n) is 2.45. The SMILES string of the molecule is CCC(CC)N(C)c1ccc(CNC(C)C)cc1C#N. The molecule has 0 aliphatic carbocycles. The molecule has 0 bridgehead atoms. The molecular weight excluding hydrogens is 246 g/mol. The van der Waals surface area contributed by atoms with Crippen molar-refractivity contribution in [2.45, 2.75) is 59.2 Å². The highest BCUT2D eigenvalue weighted by Crippen LogP contribution is 2.24. The third-order valence-corrected chi connectivity index (χ3v) is 3.77. The zero-order valence-corrected chi connectivity index (χ0v) is 13.4. The van der Waals surface area contributed by atoms with Crippen molar-refractivity contribution < 1.29 is 0 Å². The number of nitrogens with one attached hydrogen (secondary N) is 1. The molecule has 3 heteroatoms. The van der Waals surface area contributed by atoms with E-state index in [0.29, 0.717) is 12.1 Å². The van der Waals surface area contributed by atoms with Crippen LogP contribution in [0.3, 0.4) is 0 Å². The van der Waals surface area contributed by atoms with Crippen LogP contribution in [0.25, 0.3) is 0 Å². The van der Waals surface area contributed by atoms with Gasteiger partial charge in [-0.1, -0.05) is 33.8 Å². The molecule has 0 unspecified atom stereocenters. The van der Waals surface area contributed by atoms with Crippen LogP contribution in [0.15, 0.2) is 18.2 Å². The van der Waals surface area contributed by atoms with Crippen LogP contribution in [0.1, 0.15) is 51.7 Å². The van der Waals surface area contributed by atoms with Crippen LogP contribution in [-0.4, -0.2) is 19.1 Å². The van der Waals surface area contributed by atoms with Crippen molar-refractivity contribution in [2.75, 3.05) is 11.9 Å². The average molecular weight is 273 g/mol. The monoisotopic (exact) mass is 273 g/mol. The summed E-state index contributed by atoms with van der Waals surface area (Å²) in [5.74, 6) is 0. The van der Waals surface area contributed by atoms with Gasteiger partial charge in [0.1, 0.15) is 6.07 Å². The summed E-state index contributed by atoms with van der Waals surface area (Å²) in [5, 5.41) is 12.8. The van der Waals surface area contributed by atoms with Crippen LogP contribution >= 0.6 is 0 Å². The zero-order chi connectivity index (χ0) is 15.1. The quantitative estimate of drug-likeness (QED) is 0.823. The Labute approximate surface area is 123 Å². The topological polar surface area (TPSA) is 39.1 Å². The van der Waals surface area contributed by atoms with Crippen LogP contribution < -0.4 is 10.2 Å². The summed E-state index contributed by atoms with van der Waals surface area (Å²) in [5.41, 5.74) is 2.97. The summed E-state index contributed by atoms with van der Waals surface area (Å²) in [4.78, 5) is 2.23. The van der Waals surface area contributed by atoms with Crippen LogP contribution in [0.4, 0.5) is 5.69 Å². The van der Waals surface area contributed by atoms with Gasteiger partial charge >= 0.3 is 0 Å². The normalized spacial score (nSPS) is 10.9. The van der Waals surface area contributed by atoms with Gasteiger partial charge in [0, 0.05) is 25.7 Å². The van der Waals surface area contributed by atoms with Crippen molar-refractivity contribution in [1.82, 2.24) is 5.32 Å². The minimum absolute atomic E-state index is 0.451. The molecule has 3 nitrogen and oxygen atoms in total. The van der Waals surface area contributed by atoms with Gasteiger partial charge in [0.25, 0.3) is 0 Å². The van der Waals surface area contributed by atoms with Crippen molar-refractivity contribution in [1.29, 1.82) is 5.26 Å². The number of rotatable bonds is 7. The summed E-state index contributed by atoms with van der Waals surface area (Å²) in [6.07, 6.45) is 2.18. The minimum atomic E-state index is 0.451. The number of nitriles is 1. The first-order valence-corrected chi connectivity index (χ1v) is 7.52. The summed E-state index contributed by atoms with van der Waals surface area (Å²) in [6, 6.07) is 9.47. The zero-order valence-electron chi connectivity index (χ0n) is 13.4. The third kappa shape index (κ3) is 4.25. The highest BCUT2D eigenvalue weighted by molar-refractivity contribution is 5.60. The van der Waals surface area contributed by atoms with E-state index in [-0.39, 0.29) is 0 Å². The maximum Gasteiger partial charge on any atom is 0.101 e. The first kappa shape index (κ1) is 16.5. The van der Waals surface area contributed by atoms with Gasteiger partial charge in [0.05, 0.1) is 11.3 Å². The Morgan fingerprint density at radius 3 is 2.40 bits per heavy atom. The van der Waals surface area contributed by atoms with E-state index in [9.17, 15) is 5.26 Å². The van der Waals surface area contributed by atoms with Crippen molar-refractivity contribution >= 4 is 5.69 Å². The second kappa shape index (κ2) is 7.91. The molecule has 0 saturated heterocycles. The molecule has 1 N–H and O–H groups in total. The molecule has 0 atom stereocenters. The number of anilines is 1. The second-order valence-corrected chi connectivity index (χ2v) is 5.58. The molecular formula is C17H27N3. The van der Waals surface area contributed by atoms with Gasteiger partial charge in [0.2, 0.25) is 0 Å². The lowest BCUT2D eigenvalue weighted by Crippen LogP contribution is -2.31. The van der Waals surface area contributed by atoms with Crippen LogP contribution in [0, 0.1) is 11.3 Å². The number of hydrogen-bond acceptors (Lipinski definition) is 3. The molecule has 0 aliphatic heterocycles. The minimum Gasteiger partial charge on any atom is -0.371 e. The largest absolute Gasteiger partial charge is 0.371 e. The molecule has 0 heterocycles. The van der Waals surface area contributed by atoms with E-state index in [1.807, 2.05) is 6.07 Å². The first-order valence-electron chi connectivity index (χ1n) is 7.52. The van der Waals surface area contributed by atoms with Crippen LogP contribution in [-0.2, 0) is 6.54 Å². The Morgan fingerprint density at radius 2 is 1.90 bits per heavy atom. The summed E-state index contributed by atoms with van der Waals surface area (Å²) in [6.45, 7) is 9.44. The Kier molecular flexibility index (Phi) is 6.54. The third-order valence-electron chi connectivity index (χ3n) is 3.77. The van der Waals surface area contributed by atoms with E-state index in [2.05, 4.69) is 63.2 Å². The van der Waals surface area contributed by atoms with Gasteiger partial charge in [-0.2, -0.15) is 5.26 Å². The summed E-state index contributed by atoms with van der Waals surface area (Å²) >= 11 is 0. The standard InChI is InChI=1S/C17H27N3/c1-6-16(7-2)20(5)17-9-8-14(10-15(17)11-18)12-19-13(3)4/h8-10,13,16,19H,6-7,12H2,1-5H3.